The van der Waals surface area contributed by atoms with Crippen molar-refractivity contribution in [1.82, 2.24) is 5.43 Å². The minimum absolute atomic E-state index is 0.362. The number of ether oxygens (including phenoxy) is 2. The van der Waals surface area contributed by atoms with Crippen molar-refractivity contribution < 1.29 is 14.3 Å². The highest BCUT2D eigenvalue weighted by molar-refractivity contribution is 6.33. The van der Waals surface area contributed by atoms with E-state index in [9.17, 15) is 4.79 Å². The number of hydrogen-bond donors (Lipinski definition) is 1. The summed E-state index contributed by atoms with van der Waals surface area (Å²) in [4.78, 5) is 12.2. The van der Waals surface area contributed by atoms with Crippen LogP contribution >= 0.6 is 11.6 Å². The number of nitrogens with one attached hydrogen (secondary N) is 1. The normalized spacial score (nSPS) is 10.9. The number of benzene rings is 4. The van der Waals surface area contributed by atoms with Gasteiger partial charge in [-0.25, -0.2) is 5.43 Å². The van der Waals surface area contributed by atoms with Gasteiger partial charge in [-0.15, -0.1) is 0 Å². The van der Waals surface area contributed by atoms with E-state index in [1.807, 2.05) is 30.3 Å². The molecule has 0 aliphatic rings. The molecule has 0 unspecified atom stereocenters. The van der Waals surface area contributed by atoms with Gasteiger partial charge >= 0.3 is 0 Å². The number of methoxy groups -OCH3 is 1. The zero-order valence-electron chi connectivity index (χ0n) is 17.4. The molecule has 0 heterocycles. The van der Waals surface area contributed by atoms with E-state index in [-0.39, 0.29) is 5.91 Å². The average Bonchev–Trinajstić information content (AvgIpc) is 2.83. The number of hydrazone groups is 1. The summed E-state index contributed by atoms with van der Waals surface area (Å²) >= 11 is 6.04. The van der Waals surface area contributed by atoms with E-state index in [1.165, 1.54) is 11.6 Å². The van der Waals surface area contributed by atoms with Gasteiger partial charge in [-0.3, -0.25) is 4.79 Å². The highest BCUT2D eigenvalue weighted by Gasteiger charge is 2.09. The second kappa shape index (κ2) is 9.98. The number of rotatable bonds is 7. The van der Waals surface area contributed by atoms with Gasteiger partial charge in [0.1, 0.15) is 6.61 Å². The predicted octanol–water partition coefficient (Wildman–Crippen LogP) is 5.84. The molecule has 0 saturated heterocycles. The van der Waals surface area contributed by atoms with E-state index in [4.69, 9.17) is 21.1 Å². The summed E-state index contributed by atoms with van der Waals surface area (Å²) in [7, 11) is 1.58. The molecule has 4 aromatic carbocycles. The van der Waals surface area contributed by atoms with Crippen LogP contribution in [-0.2, 0) is 6.61 Å². The highest BCUT2D eigenvalue weighted by atomic mass is 35.5. The lowest BCUT2D eigenvalue weighted by molar-refractivity contribution is 0.0955. The van der Waals surface area contributed by atoms with Gasteiger partial charge in [-0.1, -0.05) is 66.2 Å². The summed E-state index contributed by atoms with van der Waals surface area (Å²) in [5, 5.41) is 6.71. The molecule has 32 heavy (non-hydrogen) atoms. The van der Waals surface area contributed by atoms with Crippen molar-refractivity contribution >= 4 is 34.5 Å². The number of carbonyl (C=O) groups excluding carboxylic acids is 1. The van der Waals surface area contributed by atoms with Crippen LogP contribution in [0, 0.1) is 0 Å². The van der Waals surface area contributed by atoms with Crippen molar-refractivity contribution in [2.45, 2.75) is 6.61 Å². The van der Waals surface area contributed by atoms with Crippen molar-refractivity contribution in [3.8, 4) is 11.5 Å². The first-order chi connectivity index (χ1) is 15.7. The maximum absolute atomic E-state index is 12.2. The molecule has 0 aliphatic carbocycles. The Bertz CT molecular complexity index is 1280. The smallest absolute Gasteiger partial charge is 0.272 e. The van der Waals surface area contributed by atoms with Gasteiger partial charge in [0.2, 0.25) is 0 Å². The summed E-state index contributed by atoms with van der Waals surface area (Å²) in [5.41, 5.74) is 4.68. The number of hydrogen-bond acceptors (Lipinski definition) is 4. The number of halogens is 1. The third-order valence-electron chi connectivity index (χ3n) is 4.95. The second-order valence-electron chi connectivity index (χ2n) is 7.02. The maximum atomic E-state index is 12.2. The molecule has 0 aromatic heterocycles. The molecule has 5 nitrogen and oxygen atoms in total. The van der Waals surface area contributed by atoms with Gasteiger partial charge in [0.15, 0.2) is 11.5 Å². The van der Waals surface area contributed by atoms with Crippen LogP contribution < -0.4 is 14.9 Å². The molecule has 160 valence electrons. The quantitative estimate of drug-likeness (QED) is 0.287. The van der Waals surface area contributed by atoms with Crippen LogP contribution in [0.25, 0.3) is 10.8 Å². The third kappa shape index (κ3) is 4.90. The molecule has 1 amide bonds. The number of carbonyl (C=O) groups is 1. The molecule has 0 saturated carbocycles. The van der Waals surface area contributed by atoms with E-state index in [0.29, 0.717) is 28.7 Å². The lowest BCUT2D eigenvalue weighted by Gasteiger charge is -2.12. The van der Waals surface area contributed by atoms with E-state index in [0.717, 1.165) is 16.5 Å². The molecule has 4 aromatic rings. The lowest BCUT2D eigenvalue weighted by atomic mass is 10.1. The van der Waals surface area contributed by atoms with Crippen molar-refractivity contribution in [2.75, 3.05) is 7.11 Å². The summed E-state index contributed by atoms with van der Waals surface area (Å²) in [6.45, 7) is 0.416. The largest absolute Gasteiger partial charge is 0.493 e. The summed E-state index contributed by atoms with van der Waals surface area (Å²) < 4.78 is 11.5. The monoisotopic (exact) mass is 444 g/mol. The fraction of sp³-hybridized carbons (Fsp3) is 0.0769. The first kappa shape index (κ1) is 21.4. The van der Waals surface area contributed by atoms with Crippen LogP contribution in [0.2, 0.25) is 5.02 Å². The Labute approximate surface area is 191 Å². The molecular weight excluding hydrogens is 424 g/mol. The molecule has 0 bridgehead atoms. The van der Waals surface area contributed by atoms with E-state index < -0.39 is 0 Å². The zero-order valence-corrected chi connectivity index (χ0v) is 18.2. The van der Waals surface area contributed by atoms with Gasteiger partial charge in [0.05, 0.1) is 23.9 Å². The predicted molar refractivity (Wildman–Crippen MR) is 128 cm³/mol. The minimum atomic E-state index is -0.381. The molecule has 0 spiro atoms. The third-order valence-corrected chi connectivity index (χ3v) is 5.28. The van der Waals surface area contributed by atoms with Gasteiger partial charge in [-0.2, -0.15) is 5.10 Å². The summed E-state index contributed by atoms with van der Waals surface area (Å²) in [5.74, 6) is 0.818. The van der Waals surface area contributed by atoms with Crippen molar-refractivity contribution in [3.05, 3.63) is 107 Å². The van der Waals surface area contributed by atoms with Gasteiger partial charge < -0.3 is 9.47 Å². The Balaban J connectivity index is 1.44. The molecule has 1 N–H and O–H groups in total. The molecule has 0 aliphatic heterocycles. The molecule has 0 atom stereocenters. The molecular formula is C26H21ClN2O3. The first-order valence-electron chi connectivity index (χ1n) is 10.0. The fourth-order valence-electron chi connectivity index (χ4n) is 3.33. The van der Waals surface area contributed by atoms with Crippen molar-refractivity contribution in [2.24, 2.45) is 5.10 Å². The molecule has 0 fully saturated rings. The molecule has 4 rings (SSSR count). The van der Waals surface area contributed by atoms with Crippen molar-refractivity contribution in [1.29, 1.82) is 0 Å². The van der Waals surface area contributed by atoms with E-state index in [2.05, 4.69) is 34.8 Å². The second-order valence-corrected chi connectivity index (χ2v) is 7.42. The highest BCUT2D eigenvalue weighted by Crippen LogP contribution is 2.29. The topological polar surface area (TPSA) is 59.9 Å². The fourth-order valence-corrected chi connectivity index (χ4v) is 3.55. The van der Waals surface area contributed by atoms with Crippen LogP contribution in [0.1, 0.15) is 21.5 Å². The number of nitrogens with zero attached hydrogens (tertiary/aromatic N) is 1. The number of fused-ring (bicyclic) bond motifs is 1. The average molecular weight is 445 g/mol. The minimum Gasteiger partial charge on any atom is -0.493 e. The van der Waals surface area contributed by atoms with Crippen LogP contribution in [0.4, 0.5) is 0 Å². The van der Waals surface area contributed by atoms with Crippen LogP contribution in [0.3, 0.4) is 0 Å². The standard InChI is InChI=1S/C26H21ClN2O3/c1-31-25-15-18(16-28-29-26(30)22-11-4-5-12-23(22)27)13-14-24(25)32-17-20-9-6-8-19-7-2-3-10-21(19)20/h2-16H,17H2,1H3,(H,29,30)/b28-16-. The summed E-state index contributed by atoms with van der Waals surface area (Å²) in [6, 6.07) is 26.6. The molecule has 6 heteroatoms. The Morgan fingerprint density at radius 3 is 2.59 bits per heavy atom. The lowest BCUT2D eigenvalue weighted by Crippen LogP contribution is -2.17. The SMILES string of the molecule is COc1cc(/C=N\NC(=O)c2ccccc2Cl)ccc1OCc1cccc2ccccc12. The molecule has 0 radical (unpaired) electrons. The zero-order chi connectivity index (χ0) is 22.3. The summed E-state index contributed by atoms with van der Waals surface area (Å²) in [6.07, 6.45) is 1.53. The van der Waals surface area contributed by atoms with Crippen LogP contribution in [-0.4, -0.2) is 19.2 Å². The van der Waals surface area contributed by atoms with Crippen molar-refractivity contribution in [3.63, 3.8) is 0 Å². The maximum Gasteiger partial charge on any atom is 0.272 e. The van der Waals surface area contributed by atoms with Crippen LogP contribution in [0.15, 0.2) is 90.0 Å². The Kier molecular flexibility index (Phi) is 6.68. The Morgan fingerprint density at radius 1 is 0.969 bits per heavy atom. The van der Waals surface area contributed by atoms with E-state index >= 15 is 0 Å². The Hall–Kier alpha value is -3.83. The van der Waals surface area contributed by atoms with Crippen LogP contribution in [0.5, 0.6) is 11.5 Å². The van der Waals surface area contributed by atoms with Gasteiger partial charge in [0.25, 0.3) is 5.91 Å². The van der Waals surface area contributed by atoms with E-state index in [1.54, 1.807) is 37.4 Å². The first-order valence-corrected chi connectivity index (χ1v) is 10.4. The van der Waals surface area contributed by atoms with Gasteiger partial charge in [-0.05, 0) is 52.2 Å². The Morgan fingerprint density at radius 2 is 1.75 bits per heavy atom. The number of amides is 1. The van der Waals surface area contributed by atoms with Gasteiger partial charge in [0, 0.05) is 0 Å².